The minimum absolute atomic E-state index is 0.195. The molecule has 6 rings (SSSR count). The van der Waals surface area contributed by atoms with Crippen LogP contribution in [0.1, 0.15) is 124 Å². The van der Waals surface area contributed by atoms with E-state index in [1.807, 2.05) is 13.8 Å². The van der Waals surface area contributed by atoms with Crippen molar-refractivity contribution in [2.75, 3.05) is 7.11 Å². The Labute approximate surface area is 217 Å². The first-order valence-electron chi connectivity index (χ1n) is 15.4. The molecule has 0 aromatic heterocycles. The minimum atomic E-state index is 0.195. The number of aliphatic hydroxyl groups excluding tert-OH is 1. The second kappa shape index (κ2) is 14.2. The lowest BCUT2D eigenvalue weighted by molar-refractivity contribution is 0.219. The van der Waals surface area contributed by atoms with Crippen molar-refractivity contribution < 1.29 is 9.84 Å². The monoisotopic (exact) mass is 484 g/mol. The maximum atomic E-state index is 7.00. The summed E-state index contributed by atoms with van der Waals surface area (Å²) in [5.74, 6) is 4.77. The maximum Gasteiger partial charge on any atom is 0.116 e. The van der Waals surface area contributed by atoms with Gasteiger partial charge < -0.3 is 9.84 Å². The van der Waals surface area contributed by atoms with Gasteiger partial charge in [-0.05, 0) is 107 Å². The number of hydrogen-bond donors (Lipinski definition) is 1. The molecule has 0 bridgehead atoms. The first kappa shape index (κ1) is 28.7. The van der Waals surface area contributed by atoms with Crippen molar-refractivity contribution in [3.05, 3.63) is 36.5 Å². The molecule has 7 unspecified atom stereocenters. The molecule has 1 N–H and O–H groups in total. The molecule has 0 amide bonds. The van der Waals surface area contributed by atoms with Gasteiger partial charge in [-0.2, -0.15) is 0 Å². The Morgan fingerprint density at radius 3 is 2.34 bits per heavy atom. The zero-order chi connectivity index (χ0) is 25.2. The average molecular weight is 485 g/mol. The fourth-order valence-corrected chi connectivity index (χ4v) is 7.36. The molecule has 0 aromatic carbocycles. The van der Waals surface area contributed by atoms with E-state index in [0.717, 1.165) is 36.7 Å². The summed E-state index contributed by atoms with van der Waals surface area (Å²) < 4.78 is 6.15. The van der Waals surface area contributed by atoms with Gasteiger partial charge in [-0.1, -0.05) is 82.9 Å². The van der Waals surface area contributed by atoms with Crippen LogP contribution in [-0.2, 0) is 4.74 Å². The molecule has 4 fully saturated rings. The summed E-state index contributed by atoms with van der Waals surface area (Å²) in [5.41, 5.74) is 0.480. The summed E-state index contributed by atoms with van der Waals surface area (Å²) in [6.45, 7) is 6.41. The first-order chi connectivity index (χ1) is 17.2. The third-order valence-electron chi connectivity index (χ3n) is 9.57. The molecule has 2 heteroatoms. The number of hydrogen-bond acceptors (Lipinski definition) is 2. The van der Waals surface area contributed by atoms with Crippen LogP contribution in [0.2, 0.25) is 0 Å². The molecule has 1 heterocycles. The molecular weight excluding hydrogens is 428 g/mol. The number of allylic oxidation sites excluding steroid dienone is 5. The fourth-order valence-electron chi connectivity index (χ4n) is 7.36. The van der Waals surface area contributed by atoms with Crippen LogP contribution < -0.4 is 0 Å². The topological polar surface area (TPSA) is 32.8 Å². The summed E-state index contributed by atoms with van der Waals surface area (Å²) in [4.78, 5) is 0. The Bertz CT molecular complexity index is 693. The molecule has 5 aliphatic carbocycles. The molecule has 0 aromatic rings. The van der Waals surface area contributed by atoms with Gasteiger partial charge >= 0.3 is 0 Å². The number of rotatable bonds is 0. The van der Waals surface area contributed by atoms with E-state index in [2.05, 4.69) is 43.4 Å². The quantitative estimate of drug-likeness (QED) is 0.274. The number of epoxide rings is 1. The minimum Gasteiger partial charge on any atom is -0.400 e. The highest BCUT2D eigenvalue weighted by Crippen LogP contribution is 2.63. The number of fused-ring (bicyclic) bond motifs is 2. The van der Waals surface area contributed by atoms with Gasteiger partial charge in [0.2, 0.25) is 0 Å². The van der Waals surface area contributed by atoms with Gasteiger partial charge in [0.25, 0.3) is 0 Å². The second-order valence-corrected chi connectivity index (χ2v) is 11.9. The Hall–Kier alpha value is -0.860. The van der Waals surface area contributed by atoms with E-state index in [-0.39, 0.29) is 11.2 Å². The van der Waals surface area contributed by atoms with E-state index in [1.54, 1.807) is 0 Å². The van der Waals surface area contributed by atoms with Gasteiger partial charge in [-0.25, -0.2) is 0 Å². The van der Waals surface area contributed by atoms with Crippen LogP contribution in [0.4, 0.5) is 0 Å². The SMILES string of the molecule is C1=C/C2CC2C/C=C/C2CCCC2CC/1.CC.CC1CCC/C=C\C23CCCC2(CCC1)O3.CO. The van der Waals surface area contributed by atoms with Crippen LogP contribution in [0.5, 0.6) is 0 Å². The zero-order valence-corrected chi connectivity index (χ0v) is 23.5. The molecule has 1 aliphatic heterocycles. The van der Waals surface area contributed by atoms with Crippen LogP contribution in [0.3, 0.4) is 0 Å². The van der Waals surface area contributed by atoms with Crippen molar-refractivity contribution in [1.29, 1.82) is 0 Å². The Morgan fingerprint density at radius 1 is 0.714 bits per heavy atom. The summed E-state index contributed by atoms with van der Waals surface area (Å²) in [7, 11) is 1.00. The van der Waals surface area contributed by atoms with E-state index in [1.165, 1.54) is 103 Å². The average Bonchev–Trinajstić information content (AvgIpc) is 3.65. The van der Waals surface area contributed by atoms with Gasteiger partial charge in [0.1, 0.15) is 11.2 Å². The van der Waals surface area contributed by atoms with Crippen LogP contribution in [0, 0.1) is 29.6 Å². The van der Waals surface area contributed by atoms with Crippen molar-refractivity contribution >= 4 is 0 Å². The highest BCUT2D eigenvalue weighted by atomic mass is 16.6. The van der Waals surface area contributed by atoms with Crippen molar-refractivity contribution in [3.63, 3.8) is 0 Å². The van der Waals surface area contributed by atoms with Gasteiger partial charge in [0.05, 0.1) is 0 Å². The predicted octanol–water partition coefficient (Wildman–Crippen LogP) is 9.19. The lowest BCUT2D eigenvalue weighted by Crippen LogP contribution is -2.17. The van der Waals surface area contributed by atoms with Crippen molar-refractivity contribution in [2.24, 2.45) is 29.6 Å². The lowest BCUT2D eigenvalue weighted by Gasteiger charge is -2.14. The first-order valence-corrected chi connectivity index (χ1v) is 15.4. The fraction of sp³-hybridized carbons (Fsp3) is 0.818. The van der Waals surface area contributed by atoms with Crippen molar-refractivity contribution in [2.45, 2.75) is 135 Å². The Kier molecular flexibility index (Phi) is 11.6. The summed E-state index contributed by atoms with van der Waals surface area (Å²) in [5, 5.41) is 7.00. The highest BCUT2D eigenvalue weighted by molar-refractivity contribution is 5.28. The van der Waals surface area contributed by atoms with Crippen LogP contribution >= 0.6 is 0 Å². The summed E-state index contributed by atoms with van der Waals surface area (Å²) in [6.07, 6.45) is 36.9. The summed E-state index contributed by atoms with van der Waals surface area (Å²) >= 11 is 0. The predicted molar refractivity (Wildman–Crippen MR) is 150 cm³/mol. The van der Waals surface area contributed by atoms with Crippen molar-refractivity contribution in [1.82, 2.24) is 0 Å². The highest BCUT2D eigenvalue weighted by Gasteiger charge is 2.69. The molecule has 0 spiro atoms. The van der Waals surface area contributed by atoms with Gasteiger partial charge in [-0.3, -0.25) is 0 Å². The van der Waals surface area contributed by atoms with Crippen molar-refractivity contribution in [3.8, 4) is 0 Å². The smallest absolute Gasteiger partial charge is 0.116 e. The third-order valence-corrected chi connectivity index (χ3v) is 9.57. The van der Waals surface area contributed by atoms with Crippen LogP contribution in [0.15, 0.2) is 36.5 Å². The Morgan fingerprint density at radius 2 is 1.49 bits per heavy atom. The Balaban J connectivity index is 0.000000172. The van der Waals surface area contributed by atoms with E-state index in [9.17, 15) is 0 Å². The molecule has 35 heavy (non-hydrogen) atoms. The largest absolute Gasteiger partial charge is 0.400 e. The number of ether oxygens (including phenoxy) is 1. The van der Waals surface area contributed by atoms with E-state index in [0.29, 0.717) is 0 Å². The molecule has 7 atom stereocenters. The third kappa shape index (κ3) is 7.57. The van der Waals surface area contributed by atoms with Crippen LogP contribution in [-0.4, -0.2) is 23.4 Å². The van der Waals surface area contributed by atoms with Gasteiger partial charge in [0.15, 0.2) is 0 Å². The number of aliphatic hydroxyl groups is 1. The standard InChI is InChI=1S/C15H24O.C15H22.C2H6.CH4O/c1-13-7-3-2-4-9-14-11-6-12-15(14,16-14)10-5-8-13;1-2-6-14-11-15(14)10-4-9-13-8-3-7-12(13)5-1;2*1-2/h4,9,13H,2-3,5-8,10-12H2,1H3;2,4,6,9,12-15H,1,3,5,7-8,10-11H2;1-2H3;2H,1H3/b9-4-;6-2+,9-4+;;. The van der Waals surface area contributed by atoms with Gasteiger partial charge in [0, 0.05) is 7.11 Å². The molecule has 0 radical (unpaired) electrons. The normalized spacial score (nSPS) is 44.0. The van der Waals surface area contributed by atoms with E-state index in [4.69, 9.17) is 9.84 Å². The molecule has 1 saturated heterocycles. The zero-order valence-electron chi connectivity index (χ0n) is 23.5. The molecule has 6 aliphatic rings. The summed E-state index contributed by atoms with van der Waals surface area (Å²) in [6, 6.07) is 0. The molecule has 3 saturated carbocycles. The molecule has 2 nitrogen and oxygen atoms in total. The maximum absolute atomic E-state index is 7.00. The molecule has 200 valence electrons. The second-order valence-electron chi connectivity index (χ2n) is 11.9. The lowest BCUT2D eigenvalue weighted by atomic mass is 9.89. The molecular formula is C33H56O2. The van der Waals surface area contributed by atoms with E-state index >= 15 is 0 Å². The van der Waals surface area contributed by atoms with Gasteiger partial charge in [-0.15, -0.1) is 0 Å². The van der Waals surface area contributed by atoms with E-state index < -0.39 is 0 Å². The van der Waals surface area contributed by atoms with Crippen LogP contribution in [0.25, 0.3) is 0 Å².